The van der Waals surface area contributed by atoms with Crippen LogP contribution in [0.15, 0.2) is 6.33 Å². The van der Waals surface area contributed by atoms with E-state index in [2.05, 4.69) is 36.3 Å². The first-order chi connectivity index (χ1) is 10.1. The molecule has 1 unspecified atom stereocenters. The van der Waals surface area contributed by atoms with Crippen molar-refractivity contribution in [1.29, 1.82) is 0 Å². The lowest BCUT2D eigenvalue weighted by Gasteiger charge is -2.38. The summed E-state index contributed by atoms with van der Waals surface area (Å²) in [7, 11) is 0. The molecule has 0 saturated heterocycles. The average molecular weight is 293 g/mol. The van der Waals surface area contributed by atoms with Gasteiger partial charge in [0, 0.05) is 19.0 Å². The van der Waals surface area contributed by atoms with Crippen LogP contribution in [-0.4, -0.2) is 20.8 Å². The molecule has 1 aromatic rings. The molecule has 2 rings (SSSR count). The van der Waals surface area contributed by atoms with Gasteiger partial charge in [-0.3, -0.25) is 16.0 Å². The molecule has 21 heavy (non-hydrogen) atoms. The third-order valence-electron chi connectivity index (χ3n) is 4.87. The highest BCUT2D eigenvalue weighted by molar-refractivity contribution is 5.00. The topological polar surface area (TPSA) is 68.8 Å². The second kappa shape index (κ2) is 7.36. The molecule has 3 N–H and O–H groups in total. The number of aromatic nitrogens is 3. The molecule has 5 heteroatoms. The Morgan fingerprint density at radius 2 is 2.10 bits per heavy atom. The summed E-state index contributed by atoms with van der Waals surface area (Å²) in [5, 5.41) is 4.34. The van der Waals surface area contributed by atoms with Crippen LogP contribution in [-0.2, 0) is 13.0 Å². The van der Waals surface area contributed by atoms with Crippen LogP contribution in [0.1, 0.15) is 65.1 Å². The van der Waals surface area contributed by atoms with Gasteiger partial charge in [-0.25, -0.2) is 4.98 Å². The predicted octanol–water partition coefficient (Wildman–Crippen LogP) is 2.67. The second-order valence-electron chi connectivity index (χ2n) is 6.99. The standard InChI is InChI=1S/C16H31N5/c1-4-9-21-15(18-12-19-21)10-14(20-17)16(11-13(2)3)7-5-6-8-16/h12-14,20H,4-11,17H2,1-3H3. The summed E-state index contributed by atoms with van der Waals surface area (Å²) in [5.74, 6) is 7.71. The second-order valence-corrected chi connectivity index (χ2v) is 6.99. The number of rotatable bonds is 8. The zero-order chi connectivity index (χ0) is 15.3. The van der Waals surface area contributed by atoms with Gasteiger partial charge in [0.1, 0.15) is 12.2 Å². The molecule has 0 amide bonds. The Morgan fingerprint density at radius 1 is 1.38 bits per heavy atom. The van der Waals surface area contributed by atoms with Crippen LogP contribution in [0.4, 0.5) is 0 Å². The SMILES string of the molecule is CCCn1ncnc1CC(NN)C1(CC(C)C)CCCC1. The summed E-state index contributed by atoms with van der Waals surface area (Å²) >= 11 is 0. The van der Waals surface area contributed by atoms with Crippen molar-refractivity contribution in [3.8, 4) is 0 Å². The molecule has 1 fully saturated rings. The maximum absolute atomic E-state index is 5.95. The fraction of sp³-hybridized carbons (Fsp3) is 0.875. The number of hydrazine groups is 1. The molecule has 1 aliphatic carbocycles. The van der Waals surface area contributed by atoms with Crippen LogP contribution in [0.2, 0.25) is 0 Å². The van der Waals surface area contributed by atoms with Gasteiger partial charge in [-0.15, -0.1) is 0 Å². The molecule has 1 aliphatic rings. The van der Waals surface area contributed by atoms with Gasteiger partial charge in [0.05, 0.1) is 0 Å². The van der Waals surface area contributed by atoms with E-state index < -0.39 is 0 Å². The van der Waals surface area contributed by atoms with Crippen LogP contribution >= 0.6 is 0 Å². The van der Waals surface area contributed by atoms with E-state index in [4.69, 9.17) is 5.84 Å². The summed E-state index contributed by atoms with van der Waals surface area (Å²) in [6, 6.07) is 0.294. The number of nitrogens with one attached hydrogen (secondary N) is 1. The lowest BCUT2D eigenvalue weighted by molar-refractivity contribution is 0.151. The van der Waals surface area contributed by atoms with Gasteiger partial charge < -0.3 is 0 Å². The maximum atomic E-state index is 5.95. The molecular weight excluding hydrogens is 262 g/mol. The van der Waals surface area contributed by atoms with Gasteiger partial charge in [0.2, 0.25) is 0 Å². The first-order valence-corrected chi connectivity index (χ1v) is 8.44. The highest BCUT2D eigenvalue weighted by Crippen LogP contribution is 2.46. The minimum absolute atomic E-state index is 0.294. The maximum Gasteiger partial charge on any atom is 0.138 e. The highest BCUT2D eigenvalue weighted by Gasteiger charge is 2.41. The van der Waals surface area contributed by atoms with Crippen molar-refractivity contribution in [2.75, 3.05) is 0 Å². The Kier molecular flexibility index (Phi) is 5.76. The van der Waals surface area contributed by atoms with Gasteiger partial charge in [0.15, 0.2) is 0 Å². The lowest BCUT2D eigenvalue weighted by atomic mass is 9.71. The van der Waals surface area contributed by atoms with Crippen LogP contribution in [0.25, 0.3) is 0 Å². The van der Waals surface area contributed by atoms with E-state index in [1.54, 1.807) is 6.33 Å². The zero-order valence-corrected chi connectivity index (χ0v) is 13.8. The van der Waals surface area contributed by atoms with E-state index in [1.807, 2.05) is 4.68 Å². The average Bonchev–Trinajstić information content (AvgIpc) is 3.06. The third kappa shape index (κ3) is 3.83. The number of nitrogens with zero attached hydrogens (tertiary/aromatic N) is 3. The number of nitrogens with two attached hydrogens (primary N) is 1. The van der Waals surface area contributed by atoms with Crippen molar-refractivity contribution in [2.45, 2.75) is 78.3 Å². The fourth-order valence-corrected chi connectivity index (χ4v) is 4.07. The first kappa shape index (κ1) is 16.4. The van der Waals surface area contributed by atoms with Gasteiger partial charge in [-0.1, -0.05) is 33.6 Å². The van der Waals surface area contributed by atoms with Crippen LogP contribution in [0, 0.1) is 11.3 Å². The van der Waals surface area contributed by atoms with Crippen LogP contribution in [0.5, 0.6) is 0 Å². The summed E-state index contributed by atoms with van der Waals surface area (Å²) in [6.07, 6.45) is 10.1. The summed E-state index contributed by atoms with van der Waals surface area (Å²) < 4.78 is 2.03. The van der Waals surface area contributed by atoms with Gasteiger partial charge in [0.25, 0.3) is 0 Å². The van der Waals surface area contributed by atoms with Crippen molar-refractivity contribution in [3.05, 3.63) is 12.2 Å². The third-order valence-corrected chi connectivity index (χ3v) is 4.87. The Morgan fingerprint density at radius 3 is 2.67 bits per heavy atom. The highest BCUT2D eigenvalue weighted by atomic mass is 15.3. The summed E-state index contributed by atoms with van der Waals surface area (Å²) in [6.45, 7) is 7.73. The molecule has 0 spiro atoms. The van der Waals surface area contributed by atoms with E-state index in [0.29, 0.717) is 17.4 Å². The van der Waals surface area contributed by atoms with Crippen LogP contribution in [0.3, 0.4) is 0 Å². The van der Waals surface area contributed by atoms with E-state index in [0.717, 1.165) is 25.2 Å². The molecule has 0 radical (unpaired) electrons. The molecule has 0 aromatic carbocycles. The smallest absolute Gasteiger partial charge is 0.138 e. The Labute approximate surface area is 128 Å². The first-order valence-electron chi connectivity index (χ1n) is 8.44. The Bertz CT molecular complexity index is 420. The molecule has 5 nitrogen and oxygen atoms in total. The lowest BCUT2D eigenvalue weighted by Crippen LogP contribution is -2.49. The molecule has 1 saturated carbocycles. The number of aryl methyl sites for hydroxylation is 1. The fourth-order valence-electron chi connectivity index (χ4n) is 4.07. The number of hydrogen-bond acceptors (Lipinski definition) is 4. The van der Waals surface area contributed by atoms with Gasteiger partial charge in [-0.2, -0.15) is 5.10 Å². The van der Waals surface area contributed by atoms with E-state index in [-0.39, 0.29) is 0 Å². The monoisotopic (exact) mass is 293 g/mol. The quantitative estimate of drug-likeness (QED) is 0.571. The molecule has 0 bridgehead atoms. The van der Waals surface area contributed by atoms with Crippen molar-refractivity contribution >= 4 is 0 Å². The Balaban J connectivity index is 2.15. The largest absolute Gasteiger partial charge is 0.271 e. The zero-order valence-electron chi connectivity index (χ0n) is 13.8. The minimum Gasteiger partial charge on any atom is -0.271 e. The van der Waals surface area contributed by atoms with Crippen molar-refractivity contribution in [1.82, 2.24) is 20.2 Å². The molecule has 1 heterocycles. The summed E-state index contributed by atoms with van der Waals surface area (Å²) in [4.78, 5) is 4.46. The molecular formula is C16H31N5. The van der Waals surface area contributed by atoms with Gasteiger partial charge in [-0.05, 0) is 37.0 Å². The van der Waals surface area contributed by atoms with Gasteiger partial charge >= 0.3 is 0 Å². The molecule has 0 aliphatic heterocycles. The van der Waals surface area contributed by atoms with E-state index in [1.165, 1.54) is 32.1 Å². The Hall–Kier alpha value is -0.940. The minimum atomic E-state index is 0.294. The van der Waals surface area contributed by atoms with Crippen molar-refractivity contribution < 1.29 is 0 Å². The molecule has 120 valence electrons. The van der Waals surface area contributed by atoms with Crippen LogP contribution < -0.4 is 11.3 Å². The normalized spacial score (nSPS) is 19.3. The number of hydrogen-bond donors (Lipinski definition) is 2. The van der Waals surface area contributed by atoms with E-state index in [9.17, 15) is 0 Å². The predicted molar refractivity (Wildman–Crippen MR) is 85.5 cm³/mol. The van der Waals surface area contributed by atoms with Crippen molar-refractivity contribution in [3.63, 3.8) is 0 Å². The molecule has 1 atom stereocenters. The van der Waals surface area contributed by atoms with E-state index >= 15 is 0 Å². The summed E-state index contributed by atoms with van der Waals surface area (Å²) in [5.41, 5.74) is 3.44. The molecule has 1 aromatic heterocycles. The van der Waals surface area contributed by atoms with Crippen molar-refractivity contribution in [2.24, 2.45) is 17.2 Å².